The Morgan fingerprint density at radius 2 is 1.92 bits per heavy atom. The number of ether oxygens (including phenoxy) is 5. The second kappa shape index (κ2) is 11.5. The zero-order valence-corrected chi connectivity index (χ0v) is 22.4. The molecular formula is C24H27N3O8S2. The number of carbonyl (C=O) groups excluding carboxylic acids is 1. The number of nitrogens with zero attached hydrogens (tertiary/aromatic N) is 2. The third kappa shape index (κ3) is 6.80. The van der Waals surface area contributed by atoms with Gasteiger partial charge in [-0.1, -0.05) is 11.8 Å². The average molecular weight is 550 g/mol. The summed E-state index contributed by atoms with van der Waals surface area (Å²) in [7, 11) is -0.265. The summed E-state index contributed by atoms with van der Waals surface area (Å²) in [6, 6.07) is 8.37. The van der Waals surface area contributed by atoms with Crippen LogP contribution in [-0.4, -0.2) is 81.2 Å². The van der Waals surface area contributed by atoms with Crippen LogP contribution in [0.1, 0.15) is 12.6 Å². The molecule has 1 aliphatic rings. The number of benzene rings is 1. The molecule has 1 unspecified atom stereocenters. The van der Waals surface area contributed by atoms with Gasteiger partial charge in [0.2, 0.25) is 0 Å². The summed E-state index contributed by atoms with van der Waals surface area (Å²) in [5, 5.41) is 1.45. The Hall–Kier alpha value is -3.13. The first-order valence-corrected chi connectivity index (χ1v) is 14.0. The predicted octanol–water partition coefficient (Wildman–Crippen LogP) is 3.18. The van der Waals surface area contributed by atoms with Crippen LogP contribution < -0.4 is 9.47 Å². The van der Waals surface area contributed by atoms with Gasteiger partial charge in [0, 0.05) is 38.9 Å². The maximum absolute atomic E-state index is 11.7. The number of pyridine rings is 1. The molecule has 3 heterocycles. The Morgan fingerprint density at radius 1 is 1.16 bits per heavy atom. The Balaban J connectivity index is 1.67. The van der Waals surface area contributed by atoms with Crippen LogP contribution in [0.15, 0.2) is 46.5 Å². The van der Waals surface area contributed by atoms with Gasteiger partial charge in [0.25, 0.3) is 0 Å². The fraction of sp³-hybridized carbons (Fsp3) is 0.375. The molecule has 1 atom stereocenters. The minimum atomic E-state index is -3.42. The molecule has 0 aliphatic carbocycles. The maximum atomic E-state index is 11.7. The van der Waals surface area contributed by atoms with Gasteiger partial charge in [-0.15, -0.1) is 0 Å². The third-order valence-electron chi connectivity index (χ3n) is 5.14. The van der Waals surface area contributed by atoms with Gasteiger partial charge in [0.05, 0.1) is 37.2 Å². The average Bonchev–Trinajstić information content (AvgIpc) is 3.46. The molecule has 0 bridgehead atoms. The molecule has 3 aromatic rings. The van der Waals surface area contributed by atoms with Gasteiger partial charge in [-0.2, -0.15) is 0 Å². The number of hydrogen-bond acceptors (Lipinski definition) is 11. The largest absolute Gasteiger partial charge is 0.483 e. The highest BCUT2D eigenvalue weighted by molar-refractivity contribution is 8.15. The summed E-state index contributed by atoms with van der Waals surface area (Å²) < 4.78 is 51.4. The molecule has 0 saturated carbocycles. The van der Waals surface area contributed by atoms with Crippen LogP contribution in [0.4, 0.5) is 0 Å². The number of thioether (sulfide) groups is 1. The van der Waals surface area contributed by atoms with Crippen molar-refractivity contribution in [2.24, 2.45) is 4.99 Å². The minimum absolute atomic E-state index is 0.0431. The van der Waals surface area contributed by atoms with Gasteiger partial charge >= 0.3 is 5.97 Å². The number of rotatable bonds is 11. The number of aliphatic imine (C=N–C) groups is 1. The van der Waals surface area contributed by atoms with Crippen molar-refractivity contribution in [3.8, 4) is 17.2 Å². The number of methoxy groups -OCH3 is 2. The van der Waals surface area contributed by atoms with Crippen molar-refractivity contribution >= 4 is 43.5 Å². The quantitative estimate of drug-likeness (QED) is 0.355. The number of H-pyrrole nitrogens is 1. The van der Waals surface area contributed by atoms with E-state index in [1.807, 2.05) is 12.1 Å². The maximum Gasteiger partial charge on any atom is 0.303 e. The summed E-state index contributed by atoms with van der Waals surface area (Å²) in [6.07, 6.45) is 2.05. The molecule has 0 saturated heterocycles. The highest BCUT2D eigenvalue weighted by atomic mass is 32.2. The molecule has 1 N–H and O–H groups in total. The van der Waals surface area contributed by atoms with Crippen molar-refractivity contribution in [3.05, 3.63) is 42.2 Å². The van der Waals surface area contributed by atoms with Gasteiger partial charge in [0.1, 0.15) is 28.4 Å². The predicted molar refractivity (Wildman–Crippen MR) is 138 cm³/mol. The van der Waals surface area contributed by atoms with E-state index in [1.165, 1.54) is 37.0 Å². The number of hydrogen-bond donors (Lipinski definition) is 1. The summed E-state index contributed by atoms with van der Waals surface area (Å²) in [5.41, 5.74) is 1.08. The van der Waals surface area contributed by atoms with Crippen molar-refractivity contribution in [2.75, 3.05) is 40.2 Å². The van der Waals surface area contributed by atoms with E-state index in [0.29, 0.717) is 47.6 Å². The Kier molecular flexibility index (Phi) is 8.37. The molecular weight excluding hydrogens is 522 g/mol. The fourth-order valence-corrected chi connectivity index (χ4v) is 5.18. The second-order valence-corrected chi connectivity index (χ2v) is 11.3. The van der Waals surface area contributed by atoms with E-state index in [0.717, 1.165) is 17.3 Å². The lowest BCUT2D eigenvalue weighted by Gasteiger charge is -2.19. The van der Waals surface area contributed by atoms with Crippen LogP contribution in [0.5, 0.6) is 17.2 Å². The van der Waals surface area contributed by atoms with E-state index < -0.39 is 9.84 Å². The van der Waals surface area contributed by atoms with Crippen molar-refractivity contribution in [1.82, 2.24) is 9.97 Å². The van der Waals surface area contributed by atoms with E-state index in [-0.39, 0.29) is 22.5 Å². The zero-order valence-electron chi connectivity index (χ0n) is 20.7. The van der Waals surface area contributed by atoms with Crippen molar-refractivity contribution in [3.63, 3.8) is 0 Å². The van der Waals surface area contributed by atoms with Crippen LogP contribution in [0.2, 0.25) is 0 Å². The fourth-order valence-electron chi connectivity index (χ4n) is 3.65. The highest BCUT2D eigenvalue weighted by Crippen LogP contribution is 2.36. The van der Waals surface area contributed by atoms with E-state index in [4.69, 9.17) is 23.7 Å². The third-order valence-corrected chi connectivity index (χ3v) is 7.23. The summed E-state index contributed by atoms with van der Waals surface area (Å²) in [5.74, 6) is 0.955. The zero-order chi connectivity index (χ0) is 26.6. The van der Waals surface area contributed by atoms with Crippen LogP contribution in [0.25, 0.3) is 10.9 Å². The number of carbonyl (C=O) groups is 1. The lowest BCUT2D eigenvalue weighted by atomic mass is 10.2. The molecule has 2 aromatic heterocycles. The second-order valence-electron chi connectivity index (χ2n) is 8.23. The first kappa shape index (κ1) is 26.9. The molecule has 198 valence electrons. The number of aromatic nitrogens is 2. The SMILES string of the molecule is COCC(COC)Oc1cc(Oc2ccc(S(C)(=O)=O)nc2)cc2cc(C3=NCC(OC(C)=O)S3)[nH]c12. The van der Waals surface area contributed by atoms with E-state index in [9.17, 15) is 13.2 Å². The first-order valence-electron chi connectivity index (χ1n) is 11.2. The molecule has 1 aromatic carbocycles. The van der Waals surface area contributed by atoms with Crippen molar-refractivity contribution in [1.29, 1.82) is 0 Å². The standard InChI is InChI=1S/C24H27N3O8S2/c1-14(28)33-22-11-26-24(36-22)19-8-15-7-17(34-16-5-6-21(25-10-16)37(4,29)30)9-20(23(15)27-19)35-18(12-31-2)13-32-3/h5-10,18,22,27H,11-13H2,1-4H3. The van der Waals surface area contributed by atoms with Gasteiger partial charge in [0.15, 0.2) is 20.3 Å². The number of fused-ring (bicyclic) bond motifs is 1. The summed E-state index contributed by atoms with van der Waals surface area (Å²) in [6.45, 7) is 2.34. The lowest BCUT2D eigenvalue weighted by Crippen LogP contribution is -2.27. The molecule has 1 aliphatic heterocycles. The van der Waals surface area contributed by atoms with Crippen LogP contribution in [-0.2, 0) is 28.8 Å². The van der Waals surface area contributed by atoms with Crippen molar-refractivity contribution in [2.45, 2.75) is 23.5 Å². The normalized spacial score (nSPS) is 15.7. The van der Waals surface area contributed by atoms with Crippen LogP contribution in [0, 0.1) is 0 Å². The Bertz CT molecular complexity index is 1400. The Morgan fingerprint density at radius 3 is 2.54 bits per heavy atom. The Labute approximate surface area is 218 Å². The van der Waals surface area contributed by atoms with Crippen LogP contribution in [0.3, 0.4) is 0 Å². The molecule has 0 fully saturated rings. The number of sulfone groups is 1. The molecule has 0 amide bonds. The first-order chi connectivity index (χ1) is 17.7. The molecule has 0 radical (unpaired) electrons. The number of aromatic amines is 1. The smallest absolute Gasteiger partial charge is 0.303 e. The molecule has 11 nitrogen and oxygen atoms in total. The van der Waals surface area contributed by atoms with Gasteiger partial charge in [-0.25, -0.2) is 13.4 Å². The summed E-state index contributed by atoms with van der Waals surface area (Å²) >= 11 is 1.36. The molecule has 0 spiro atoms. The molecule has 4 rings (SSSR count). The van der Waals surface area contributed by atoms with Gasteiger partial charge < -0.3 is 28.7 Å². The lowest BCUT2D eigenvalue weighted by molar-refractivity contribution is -0.141. The number of esters is 1. The van der Waals surface area contributed by atoms with E-state index >= 15 is 0 Å². The minimum Gasteiger partial charge on any atom is -0.483 e. The van der Waals surface area contributed by atoms with Crippen molar-refractivity contribution < 1.29 is 36.9 Å². The topological polar surface area (TPSA) is 138 Å². The highest BCUT2D eigenvalue weighted by Gasteiger charge is 2.25. The monoisotopic (exact) mass is 549 g/mol. The molecule has 37 heavy (non-hydrogen) atoms. The van der Waals surface area contributed by atoms with E-state index in [2.05, 4.69) is 15.0 Å². The number of nitrogens with one attached hydrogen (secondary N) is 1. The molecule has 13 heteroatoms. The van der Waals surface area contributed by atoms with Gasteiger partial charge in [-0.3, -0.25) is 9.79 Å². The van der Waals surface area contributed by atoms with Gasteiger partial charge in [-0.05, 0) is 24.3 Å². The van der Waals surface area contributed by atoms with E-state index in [1.54, 1.807) is 20.3 Å². The van der Waals surface area contributed by atoms with Crippen LogP contribution >= 0.6 is 11.8 Å². The summed E-state index contributed by atoms with van der Waals surface area (Å²) in [4.78, 5) is 23.1.